The van der Waals surface area contributed by atoms with Crippen molar-refractivity contribution in [2.75, 3.05) is 0 Å². The fraction of sp³-hybridized carbons (Fsp3) is 0.185. The minimum atomic E-state index is -0.107. The molecule has 5 rings (SSSR count). The molecule has 0 amide bonds. The zero-order valence-corrected chi connectivity index (χ0v) is 19.8. The van der Waals surface area contributed by atoms with Gasteiger partial charge in [-0.25, -0.2) is 9.67 Å². The van der Waals surface area contributed by atoms with Crippen molar-refractivity contribution in [3.05, 3.63) is 99.0 Å². The Morgan fingerprint density at radius 2 is 1.67 bits per heavy atom. The van der Waals surface area contributed by atoms with Gasteiger partial charge in [-0.15, -0.1) is 11.3 Å². The van der Waals surface area contributed by atoms with Gasteiger partial charge in [0.05, 0.1) is 17.1 Å². The fourth-order valence-electron chi connectivity index (χ4n) is 4.22. The van der Waals surface area contributed by atoms with E-state index >= 15 is 0 Å². The molecular weight excluding hydrogens is 428 g/mol. The highest BCUT2D eigenvalue weighted by atomic mass is 32.1. The fourth-order valence-corrected chi connectivity index (χ4v) is 5.16. The molecule has 0 spiro atoms. The largest absolute Gasteiger partial charge is 0.316 e. The molecule has 6 heteroatoms. The summed E-state index contributed by atoms with van der Waals surface area (Å²) in [6.45, 7) is 4.94. The number of aromatic nitrogens is 3. The van der Waals surface area contributed by atoms with Crippen LogP contribution in [0.2, 0.25) is 0 Å². The number of hydrogen-bond donors (Lipinski definition) is 0. The highest BCUT2D eigenvalue weighted by Gasteiger charge is 2.16. The van der Waals surface area contributed by atoms with Gasteiger partial charge in [-0.1, -0.05) is 61.5 Å². The molecule has 0 radical (unpaired) electrons. The molecule has 0 atom stereocenters. The third kappa shape index (κ3) is 3.76. The summed E-state index contributed by atoms with van der Waals surface area (Å²) in [5.74, 6) is 0. The lowest BCUT2D eigenvalue weighted by Crippen LogP contribution is -2.20. The Bertz CT molecular complexity index is 1570. The maximum absolute atomic E-state index is 13.4. The van der Waals surface area contributed by atoms with Gasteiger partial charge >= 0.3 is 0 Å². The van der Waals surface area contributed by atoms with E-state index in [4.69, 9.17) is 4.99 Å². The van der Waals surface area contributed by atoms with Gasteiger partial charge in [-0.2, -0.15) is 0 Å². The second-order valence-corrected chi connectivity index (χ2v) is 8.98. The molecule has 2 aromatic heterocycles. The molecule has 5 aromatic rings. The Balaban J connectivity index is 1.67. The summed E-state index contributed by atoms with van der Waals surface area (Å²) in [6.07, 6.45) is 0.979. The van der Waals surface area contributed by atoms with Crippen LogP contribution in [-0.2, 0) is 13.6 Å². The van der Waals surface area contributed by atoms with Crippen molar-refractivity contribution in [2.45, 2.75) is 26.8 Å². The number of rotatable bonds is 5. The van der Waals surface area contributed by atoms with Crippen LogP contribution < -0.4 is 10.4 Å². The molecule has 0 bridgehead atoms. The molecule has 0 saturated heterocycles. The number of nitrogens with zero attached hydrogens (tertiary/aromatic N) is 4. The SMILES string of the molecule is CCCn1c(-c2ccc3ccccc3c2)csc1=Nc1c(C)n(C)n(-c2ccccc2)c1=O. The molecule has 0 unspecified atom stereocenters. The first-order valence-electron chi connectivity index (χ1n) is 11.1. The van der Waals surface area contributed by atoms with Gasteiger partial charge in [0.1, 0.15) is 0 Å². The third-order valence-electron chi connectivity index (χ3n) is 6.02. The monoisotopic (exact) mass is 454 g/mol. The standard InChI is InChI=1S/C27H26N4OS/c1-4-16-30-24(22-15-14-20-10-8-9-11-21(20)17-22)18-33-27(30)28-25-19(2)29(3)31(26(25)32)23-12-6-5-7-13-23/h5-15,17-18H,4,16H2,1-3H3. The summed E-state index contributed by atoms with van der Waals surface area (Å²) in [4.78, 5) is 19.1. The molecule has 0 aliphatic rings. The second-order valence-electron chi connectivity index (χ2n) is 8.14. The maximum Gasteiger partial charge on any atom is 0.297 e. The van der Waals surface area contributed by atoms with Gasteiger partial charge in [0.2, 0.25) is 0 Å². The van der Waals surface area contributed by atoms with Crippen LogP contribution in [0.3, 0.4) is 0 Å². The lowest BCUT2D eigenvalue weighted by atomic mass is 10.1. The Labute approximate surface area is 196 Å². The minimum Gasteiger partial charge on any atom is -0.316 e. The second kappa shape index (κ2) is 8.71. The molecule has 0 saturated carbocycles. The van der Waals surface area contributed by atoms with Crippen molar-refractivity contribution >= 4 is 27.8 Å². The van der Waals surface area contributed by atoms with Crippen molar-refractivity contribution in [1.29, 1.82) is 0 Å². The summed E-state index contributed by atoms with van der Waals surface area (Å²) in [6, 6.07) is 24.6. The molecule has 2 heterocycles. The maximum atomic E-state index is 13.4. The summed E-state index contributed by atoms with van der Waals surface area (Å²) >= 11 is 1.58. The van der Waals surface area contributed by atoms with Crippen LogP contribution in [0.15, 0.2) is 88.0 Å². The first-order chi connectivity index (χ1) is 16.1. The Hall–Kier alpha value is -3.64. The van der Waals surface area contributed by atoms with Crippen LogP contribution in [0.5, 0.6) is 0 Å². The minimum absolute atomic E-state index is 0.107. The predicted molar refractivity (Wildman–Crippen MR) is 137 cm³/mol. The van der Waals surface area contributed by atoms with Crippen LogP contribution in [0, 0.1) is 6.92 Å². The first-order valence-corrected chi connectivity index (χ1v) is 12.0. The predicted octanol–water partition coefficient (Wildman–Crippen LogP) is 5.81. The van der Waals surface area contributed by atoms with Crippen LogP contribution in [0.1, 0.15) is 19.0 Å². The van der Waals surface area contributed by atoms with E-state index in [1.807, 2.05) is 49.0 Å². The molecule has 5 nitrogen and oxygen atoms in total. The third-order valence-corrected chi connectivity index (χ3v) is 6.88. The average molecular weight is 455 g/mol. The van der Waals surface area contributed by atoms with E-state index in [0.29, 0.717) is 5.69 Å². The number of fused-ring (bicyclic) bond motifs is 1. The number of para-hydroxylation sites is 1. The van der Waals surface area contributed by atoms with Gasteiger partial charge in [0.25, 0.3) is 5.56 Å². The number of benzene rings is 3. The zero-order valence-electron chi connectivity index (χ0n) is 19.0. The number of thiazole rings is 1. The van der Waals surface area contributed by atoms with Gasteiger partial charge in [0, 0.05) is 19.0 Å². The van der Waals surface area contributed by atoms with Crippen molar-refractivity contribution in [1.82, 2.24) is 13.9 Å². The molecular formula is C27H26N4OS. The first kappa shape index (κ1) is 21.2. The quantitative estimate of drug-likeness (QED) is 0.330. The van der Waals surface area contributed by atoms with Crippen LogP contribution >= 0.6 is 11.3 Å². The molecule has 166 valence electrons. The summed E-state index contributed by atoms with van der Waals surface area (Å²) in [5, 5.41) is 4.59. The topological polar surface area (TPSA) is 44.2 Å². The molecule has 3 aromatic carbocycles. The van der Waals surface area contributed by atoms with Crippen molar-refractivity contribution in [3.8, 4) is 16.9 Å². The Morgan fingerprint density at radius 3 is 2.42 bits per heavy atom. The van der Waals surface area contributed by atoms with E-state index in [1.165, 1.54) is 10.8 Å². The smallest absolute Gasteiger partial charge is 0.297 e. The molecule has 0 N–H and O–H groups in total. The summed E-state index contributed by atoms with van der Waals surface area (Å²) < 4.78 is 5.78. The highest BCUT2D eigenvalue weighted by Crippen LogP contribution is 2.26. The van der Waals surface area contributed by atoms with Crippen molar-refractivity contribution in [3.63, 3.8) is 0 Å². The molecule has 0 aliphatic carbocycles. The van der Waals surface area contributed by atoms with Gasteiger partial charge in [0.15, 0.2) is 10.5 Å². The van der Waals surface area contributed by atoms with E-state index < -0.39 is 0 Å². The zero-order chi connectivity index (χ0) is 22.9. The summed E-state index contributed by atoms with van der Waals surface area (Å²) in [5.41, 5.74) is 4.34. The average Bonchev–Trinajstić information content (AvgIpc) is 3.33. The van der Waals surface area contributed by atoms with Crippen molar-refractivity contribution in [2.24, 2.45) is 12.0 Å². The normalized spacial score (nSPS) is 12.0. The van der Waals surface area contributed by atoms with Gasteiger partial charge < -0.3 is 4.57 Å². The molecule has 0 fully saturated rings. The lowest BCUT2D eigenvalue weighted by molar-refractivity contribution is 0.630. The van der Waals surface area contributed by atoms with Crippen molar-refractivity contribution < 1.29 is 0 Å². The van der Waals surface area contributed by atoms with E-state index in [9.17, 15) is 4.79 Å². The van der Waals surface area contributed by atoms with Crippen LogP contribution in [-0.4, -0.2) is 13.9 Å². The van der Waals surface area contributed by atoms with E-state index in [2.05, 4.69) is 59.3 Å². The van der Waals surface area contributed by atoms with E-state index in [0.717, 1.165) is 40.4 Å². The lowest BCUT2D eigenvalue weighted by Gasteiger charge is -2.09. The van der Waals surface area contributed by atoms with Gasteiger partial charge in [-0.05, 0) is 47.9 Å². The van der Waals surface area contributed by atoms with Crippen LogP contribution in [0.4, 0.5) is 5.69 Å². The Kier molecular flexibility index (Phi) is 5.60. The van der Waals surface area contributed by atoms with E-state index in [-0.39, 0.29) is 5.56 Å². The Morgan fingerprint density at radius 1 is 0.939 bits per heavy atom. The molecule has 0 aliphatic heterocycles. The van der Waals surface area contributed by atoms with E-state index in [1.54, 1.807) is 16.0 Å². The van der Waals surface area contributed by atoms with Gasteiger partial charge in [-0.3, -0.25) is 9.48 Å². The van der Waals surface area contributed by atoms with Crippen LogP contribution in [0.25, 0.3) is 27.7 Å². The highest BCUT2D eigenvalue weighted by molar-refractivity contribution is 7.07. The molecule has 33 heavy (non-hydrogen) atoms. The number of hydrogen-bond acceptors (Lipinski definition) is 3. The summed E-state index contributed by atoms with van der Waals surface area (Å²) in [7, 11) is 1.90.